The Labute approximate surface area is 111 Å². The molecular formula is C14H19BrO2. The first kappa shape index (κ1) is 13.1. The summed E-state index contributed by atoms with van der Waals surface area (Å²) in [6.45, 7) is 4.99. The van der Waals surface area contributed by atoms with Gasteiger partial charge in [0.15, 0.2) is 6.29 Å². The summed E-state index contributed by atoms with van der Waals surface area (Å²) in [5.41, 5.74) is 0.830. The predicted molar refractivity (Wildman–Crippen MR) is 71.8 cm³/mol. The highest BCUT2D eigenvalue weighted by Crippen LogP contribution is 2.33. The first-order chi connectivity index (χ1) is 8.09. The maximum Gasteiger partial charge on any atom is 0.158 e. The van der Waals surface area contributed by atoms with Gasteiger partial charge in [-0.15, -0.1) is 0 Å². The summed E-state index contributed by atoms with van der Waals surface area (Å²) >= 11 is 3.58. The van der Waals surface area contributed by atoms with Gasteiger partial charge >= 0.3 is 0 Å². The van der Waals surface area contributed by atoms with Crippen molar-refractivity contribution in [1.82, 2.24) is 0 Å². The van der Waals surface area contributed by atoms with Crippen molar-refractivity contribution in [2.45, 2.75) is 45.0 Å². The van der Waals surface area contributed by atoms with Crippen molar-refractivity contribution in [2.75, 3.05) is 6.61 Å². The van der Waals surface area contributed by atoms with Crippen LogP contribution >= 0.6 is 15.9 Å². The summed E-state index contributed by atoms with van der Waals surface area (Å²) < 4.78 is 12.8. The smallest absolute Gasteiger partial charge is 0.158 e. The van der Waals surface area contributed by atoms with E-state index in [1.807, 2.05) is 18.2 Å². The second-order valence-electron chi connectivity index (χ2n) is 4.90. The Morgan fingerprint density at radius 1 is 1.29 bits per heavy atom. The minimum absolute atomic E-state index is 0.0640. The number of hydrogen-bond donors (Lipinski definition) is 0. The maximum absolute atomic E-state index is 6.09. The first-order valence-electron chi connectivity index (χ1n) is 6.14. The molecule has 0 saturated carbocycles. The first-order valence-corrected chi connectivity index (χ1v) is 6.93. The molecule has 0 unspecified atom stereocenters. The third kappa shape index (κ3) is 3.30. The molecule has 0 amide bonds. The van der Waals surface area contributed by atoms with Gasteiger partial charge in [0.2, 0.25) is 0 Å². The summed E-state index contributed by atoms with van der Waals surface area (Å²) in [6, 6.07) is 8.18. The summed E-state index contributed by atoms with van der Waals surface area (Å²) in [6.07, 6.45) is 3.27. The Kier molecular flexibility index (Phi) is 4.23. The standard InChI is InChI=1S/C14H19BrO2/c1-14(2,11-7-3-4-8-12(11)15)17-13-9-5-6-10-16-13/h3-4,7-8,13H,5-6,9-10H2,1-2H3/t13-/m0/s1. The van der Waals surface area contributed by atoms with Crippen LogP contribution in [0.5, 0.6) is 0 Å². The lowest BCUT2D eigenvalue weighted by Crippen LogP contribution is -2.32. The van der Waals surface area contributed by atoms with Gasteiger partial charge in [-0.25, -0.2) is 0 Å². The van der Waals surface area contributed by atoms with Gasteiger partial charge in [0.25, 0.3) is 0 Å². The largest absolute Gasteiger partial charge is 0.353 e. The van der Waals surface area contributed by atoms with Crippen molar-refractivity contribution in [1.29, 1.82) is 0 Å². The Morgan fingerprint density at radius 3 is 2.71 bits per heavy atom. The molecule has 94 valence electrons. The molecule has 2 rings (SSSR count). The summed E-state index contributed by atoms with van der Waals surface area (Å²) in [5, 5.41) is 0. The molecule has 2 nitrogen and oxygen atoms in total. The van der Waals surface area contributed by atoms with Gasteiger partial charge in [-0.3, -0.25) is 0 Å². The van der Waals surface area contributed by atoms with Crippen molar-refractivity contribution in [3.05, 3.63) is 34.3 Å². The molecule has 17 heavy (non-hydrogen) atoms. The van der Waals surface area contributed by atoms with Gasteiger partial charge in [-0.1, -0.05) is 34.1 Å². The fourth-order valence-electron chi connectivity index (χ4n) is 2.15. The van der Waals surface area contributed by atoms with Crippen LogP contribution in [-0.2, 0) is 15.1 Å². The summed E-state index contributed by atoms with van der Waals surface area (Å²) in [5.74, 6) is 0. The minimum atomic E-state index is -0.331. The van der Waals surface area contributed by atoms with Crippen LogP contribution in [0.3, 0.4) is 0 Å². The molecule has 0 radical (unpaired) electrons. The second kappa shape index (κ2) is 5.51. The van der Waals surface area contributed by atoms with Crippen LogP contribution in [-0.4, -0.2) is 12.9 Å². The van der Waals surface area contributed by atoms with E-state index in [0.29, 0.717) is 0 Å². The molecule has 1 heterocycles. The van der Waals surface area contributed by atoms with E-state index in [1.165, 1.54) is 6.42 Å². The highest BCUT2D eigenvalue weighted by molar-refractivity contribution is 9.10. The van der Waals surface area contributed by atoms with Crippen molar-refractivity contribution < 1.29 is 9.47 Å². The van der Waals surface area contributed by atoms with E-state index < -0.39 is 0 Å². The minimum Gasteiger partial charge on any atom is -0.353 e. The molecule has 0 aromatic heterocycles. The molecule has 1 atom stereocenters. The highest BCUT2D eigenvalue weighted by Gasteiger charge is 2.28. The molecule has 1 fully saturated rings. The van der Waals surface area contributed by atoms with Crippen molar-refractivity contribution in [3.8, 4) is 0 Å². The molecule has 0 bridgehead atoms. The average molecular weight is 299 g/mol. The van der Waals surface area contributed by atoms with Gasteiger partial charge in [-0.2, -0.15) is 0 Å². The number of rotatable bonds is 3. The van der Waals surface area contributed by atoms with Crippen LogP contribution in [0.25, 0.3) is 0 Å². The molecule has 3 heteroatoms. The number of benzene rings is 1. The van der Waals surface area contributed by atoms with Gasteiger partial charge in [-0.05, 0) is 44.7 Å². The fraction of sp³-hybridized carbons (Fsp3) is 0.571. The van der Waals surface area contributed by atoms with Gasteiger partial charge in [0, 0.05) is 11.1 Å². The lowest BCUT2D eigenvalue weighted by molar-refractivity contribution is -0.219. The fourth-order valence-corrected chi connectivity index (χ4v) is 2.91. The van der Waals surface area contributed by atoms with E-state index in [0.717, 1.165) is 29.5 Å². The zero-order chi connectivity index (χ0) is 12.3. The molecule has 1 aliphatic rings. The van der Waals surface area contributed by atoms with Crippen LogP contribution in [0.2, 0.25) is 0 Å². The third-order valence-corrected chi connectivity index (χ3v) is 3.78. The normalized spacial score (nSPS) is 21.5. The van der Waals surface area contributed by atoms with Crippen LogP contribution in [0.4, 0.5) is 0 Å². The summed E-state index contributed by atoms with van der Waals surface area (Å²) in [4.78, 5) is 0. The van der Waals surface area contributed by atoms with Gasteiger partial charge in [0.1, 0.15) is 0 Å². The van der Waals surface area contributed by atoms with E-state index in [4.69, 9.17) is 9.47 Å². The average Bonchev–Trinajstić information content (AvgIpc) is 2.30. The number of ether oxygens (including phenoxy) is 2. The third-order valence-electron chi connectivity index (χ3n) is 3.09. The van der Waals surface area contributed by atoms with E-state index >= 15 is 0 Å². The molecule has 1 saturated heterocycles. The maximum atomic E-state index is 6.09. The predicted octanol–water partition coefficient (Wildman–Crippen LogP) is 4.23. The molecule has 0 aliphatic carbocycles. The second-order valence-corrected chi connectivity index (χ2v) is 5.76. The van der Waals surface area contributed by atoms with Crippen molar-refractivity contribution in [3.63, 3.8) is 0 Å². The van der Waals surface area contributed by atoms with Crippen LogP contribution in [0, 0.1) is 0 Å². The quantitative estimate of drug-likeness (QED) is 0.831. The molecule has 1 aromatic carbocycles. The zero-order valence-corrected chi connectivity index (χ0v) is 12.0. The monoisotopic (exact) mass is 298 g/mol. The highest BCUT2D eigenvalue weighted by atomic mass is 79.9. The van der Waals surface area contributed by atoms with E-state index in [-0.39, 0.29) is 11.9 Å². The molecule has 1 aromatic rings. The number of hydrogen-bond acceptors (Lipinski definition) is 2. The molecule has 0 spiro atoms. The Hall–Kier alpha value is -0.380. The zero-order valence-electron chi connectivity index (χ0n) is 10.4. The molecule has 0 N–H and O–H groups in total. The molecular weight excluding hydrogens is 280 g/mol. The Morgan fingerprint density at radius 2 is 2.06 bits per heavy atom. The van der Waals surface area contributed by atoms with E-state index in [9.17, 15) is 0 Å². The lowest BCUT2D eigenvalue weighted by atomic mass is 9.98. The Balaban J connectivity index is 2.10. The van der Waals surface area contributed by atoms with E-state index in [2.05, 4.69) is 35.8 Å². The Bertz CT molecular complexity index is 370. The lowest BCUT2D eigenvalue weighted by Gasteiger charge is -2.33. The SMILES string of the molecule is CC(C)(O[C@H]1CCCCO1)c1ccccc1Br. The van der Waals surface area contributed by atoms with Crippen LogP contribution < -0.4 is 0 Å². The van der Waals surface area contributed by atoms with E-state index in [1.54, 1.807) is 0 Å². The topological polar surface area (TPSA) is 18.5 Å². The van der Waals surface area contributed by atoms with Crippen LogP contribution in [0.15, 0.2) is 28.7 Å². The molecule has 1 aliphatic heterocycles. The van der Waals surface area contributed by atoms with Gasteiger partial charge < -0.3 is 9.47 Å². The summed E-state index contributed by atoms with van der Waals surface area (Å²) in [7, 11) is 0. The number of halogens is 1. The van der Waals surface area contributed by atoms with Crippen LogP contribution in [0.1, 0.15) is 38.7 Å². The van der Waals surface area contributed by atoms with Gasteiger partial charge in [0.05, 0.1) is 5.60 Å². The van der Waals surface area contributed by atoms with Crippen molar-refractivity contribution >= 4 is 15.9 Å². The van der Waals surface area contributed by atoms with Crippen molar-refractivity contribution in [2.24, 2.45) is 0 Å².